The molecule has 90 heavy (non-hydrogen) atoms. The largest absolute Gasteiger partial charge is 0.508 e. The minimum Gasteiger partial charge on any atom is -0.508 e. The Kier molecular flexibility index (Phi) is 16.4. The maximum absolute atomic E-state index is 12.8. The molecule has 3 fully saturated rings. The topological polar surface area (TPSA) is 187 Å². The molecule has 13 heteroatoms. The van der Waals surface area contributed by atoms with Gasteiger partial charge in [-0.15, -0.1) is 0 Å². The van der Waals surface area contributed by atoms with Crippen molar-refractivity contribution < 1.29 is 49.6 Å². The predicted molar refractivity (Wildman–Crippen MR) is 347 cm³/mol. The summed E-state index contributed by atoms with van der Waals surface area (Å²) in [7, 11) is 1.77. The molecule has 2 saturated heterocycles. The van der Waals surface area contributed by atoms with Gasteiger partial charge in [-0.3, -0.25) is 5.32 Å². The average Bonchev–Trinajstić information content (AvgIpc) is 0.784. The Hall–Kier alpha value is -6.60. The summed E-state index contributed by atoms with van der Waals surface area (Å²) in [6.45, 7) is 0.904. The number of nitrogens with zero attached hydrogens (tertiary/aromatic N) is 1. The lowest BCUT2D eigenvalue weighted by atomic mass is 9.45. The van der Waals surface area contributed by atoms with Crippen molar-refractivity contribution in [2.75, 3.05) is 26.9 Å². The maximum atomic E-state index is 12.8. The zero-order chi connectivity index (χ0) is 61.3. The van der Waals surface area contributed by atoms with Crippen LogP contribution < -0.4 is 15.4 Å². The third-order valence-electron chi connectivity index (χ3n) is 23.1. The number of phenolic OH excluding ortho intramolecular Hbond substituents is 3. The summed E-state index contributed by atoms with van der Waals surface area (Å²) in [5, 5.41) is 77.9. The number of fused-ring (bicyclic) bond motifs is 5. The summed E-state index contributed by atoms with van der Waals surface area (Å²) in [5.74, 6) is 9.79. The lowest BCUT2D eigenvalue weighted by Crippen LogP contribution is -2.64. The van der Waals surface area contributed by atoms with E-state index in [1.807, 2.05) is 18.2 Å². The number of rotatable bonds is 11. The first kappa shape index (κ1) is 59.7. The third-order valence-corrected chi connectivity index (χ3v) is 23.1. The second kappa shape index (κ2) is 24.8. The number of hydrogen-bond acceptors (Lipinski definition) is 12. The zero-order valence-corrected chi connectivity index (χ0v) is 52.2. The fourth-order valence-electron chi connectivity index (χ4n) is 18.8. The molecular weight excluding hydrogens is 1130 g/mol. The van der Waals surface area contributed by atoms with Gasteiger partial charge in [0.1, 0.15) is 36.3 Å². The van der Waals surface area contributed by atoms with Gasteiger partial charge in [0.25, 0.3) is 0 Å². The van der Waals surface area contributed by atoms with Gasteiger partial charge in [-0.1, -0.05) is 79.6 Å². The van der Waals surface area contributed by atoms with Gasteiger partial charge in [0.15, 0.2) is 11.5 Å². The summed E-state index contributed by atoms with van der Waals surface area (Å²) >= 11 is 0. The van der Waals surface area contributed by atoms with Gasteiger partial charge in [-0.05, 0) is 225 Å². The molecule has 16 rings (SSSR count). The zero-order valence-electron chi connectivity index (χ0n) is 52.2. The molecule has 10 unspecified atom stereocenters. The predicted octanol–water partition coefficient (Wildman–Crippen LogP) is 12.3. The molecule has 5 aromatic carbocycles. The molecule has 8 N–H and O–H groups in total. The highest BCUT2D eigenvalue weighted by Crippen LogP contribution is 2.65. The Labute approximate surface area is 529 Å². The van der Waals surface area contributed by atoms with Crippen LogP contribution in [0.2, 0.25) is 0 Å². The van der Waals surface area contributed by atoms with Gasteiger partial charge >= 0.3 is 0 Å². The second-order valence-electron chi connectivity index (χ2n) is 28.1. The number of ether oxygens (including phenoxy) is 4. The fourth-order valence-corrected chi connectivity index (χ4v) is 18.8. The van der Waals surface area contributed by atoms with Crippen molar-refractivity contribution in [3.8, 4) is 34.8 Å². The van der Waals surface area contributed by atoms with Crippen LogP contribution in [-0.2, 0) is 64.9 Å². The van der Waals surface area contributed by atoms with Crippen molar-refractivity contribution in [2.24, 2.45) is 23.7 Å². The molecule has 7 heterocycles. The van der Waals surface area contributed by atoms with Gasteiger partial charge in [0, 0.05) is 77.3 Å². The smallest absolute Gasteiger partial charge is 0.165 e. The van der Waals surface area contributed by atoms with E-state index in [2.05, 4.69) is 75.8 Å². The van der Waals surface area contributed by atoms with Crippen molar-refractivity contribution in [1.82, 2.24) is 15.2 Å². The number of phenols is 3. The van der Waals surface area contributed by atoms with Crippen molar-refractivity contribution in [1.29, 1.82) is 0 Å². The molecule has 1 saturated carbocycles. The SMILES string of the molecule is COC1CCC2=C3C#CC(CCc4ccc(O)c(Cc5cccc(O)c5)c4)CCCC4CC(O)C5Cc6c(CO)cc(O)c(c6C(CCCO)C5)OCc5cc(C67c8c9cccc8CCC6C6(CCCCC6)OCC7CC9)cc6cn(cc56)C(=C3CO4)NC2N1. The second-order valence-corrected chi connectivity index (χ2v) is 28.1. The van der Waals surface area contributed by atoms with E-state index in [4.69, 9.17) is 18.9 Å². The highest BCUT2D eigenvalue weighted by Gasteiger charge is 2.63. The normalized spacial score (nSPS) is 28.5. The van der Waals surface area contributed by atoms with Crippen LogP contribution in [0.25, 0.3) is 16.6 Å². The molecule has 10 aliphatic rings. The van der Waals surface area contributed by atoms with Crippen LogP contribution >= 0.6 is 0 Å². The number of hydrogen-bond donors (Lipinski definition) is 8. The molecule has 1 spiro atoms. The number of piperidine rings is 1. The number of benzene rings is 5. The average molecular weight is 1220 g/mol. The third kappa shape index (κ3) is 10.7. The van der Waals surface area contributed by atoms with Crippen molar-refractivity contribution in [2.45, 2.75) is 196 Å². The Morgan fingerprint density at radius 1 is 0.789 bits per heavy atom. The van der Waals surface area contributed by atoms with E-state index in [0.717, 1.165) is 151 Å². The van der Waals surface area contributed by atoms with Crippen LogP contribution in [0.15, 0.2) is 108 Å². The van der Waals surface area contributed by atoms with Gasteiger partial charge < -0.3 is 59.5 Å². The lowest BCUT2D eigenvalue weighted by molar-refractivity contribution is -0.193. The monoisotopic (exact) mass is 1220 g/mol. The number of aromatic nitrogens is 1. The number of dihydropyridines is 1. The minimum absolute atomic E-state index is 0.00495. The first-order valence-electron chi connectivity index (χ1n) is 34.0. The van der Waals surface area contributed by atoms with E-state index in [9.17, 15) is 30.6 Å². The lowest BCUT2D eigenvalue weighted by Gasteiger charge is -2.63. The van der Waals surface area contributed by atoms with Crippen LogP contribution in [-0.4, -0.2) is 92.3 Å². The number of aryl methyl sites for hydroxylation is 3. The molecule has 1 aromatic heterocycles. The van der Waals surface area contributed by atoms with Crippen molar-refractivity contribution >= 4 is 16.6 Å². The highest BCUT2D eigenvalue weighted by atomic mass is 16.5. The first-order chi connectivity index (χ1) is 44.0. The standard InChI is InChI=1S/C77H89N3O10/c1-87-70-27-24-62-61-23-18-46(16-17-47-19-25-66(84)52(31-47)32-48-10-5-14-59(83)33-48)9-6-15-60-39-67(85)53-34-51(13-8-30-81)71-63(37-53)55(42-82)38-68(86)73(71)89-43-56-36-58(35-54-40-80(41-64(54)56)75(65(61)45-88-60)79-74(62)78-70)77-57-22-20-49-11-7-12-50(72(49)77)21-26-69(77)76(90-44-57)28-3-2-4-29-76/h5,7,10-12,14,19,25,31,33,35-36,38,40-41,46,51,53,57,60,67,69-70,74,78-79,81-86H,2-4,6,8-9,13,15-17,20-22,24,26-30,32,34,37,39,42-45H2,1H3. The van der Waals surface area contributed by atoms with E-state index >= 15 is 0 Å². The van der Waals surface area contributed by atoms with Crippen LogP contribution in [0.5, 0.6) is 23.0 Å². The van der Waals surface area contributed by atoms with Crippen LogP contribution in [0.1, 0.15) is 176 Å². The molecule has 8 bridgehead atoms. The Morgan fingerprint density at radius 2 is 1.64 bits per heavy atom. The van der Waals surface area contributed by atoms with Gasteiger partial charge in [0.2, 0.25) is 0 Å². The summed E-state index contributed by atoms with van der Waals surface area (Å²) in [4.78, 5) is 0. The number of aliphatic hydroxyl groups is 3. The van der Waals surface area contributed by atoms with E-state index in [1.165, 1.54) is 47.1 Å². The van der Waals surface area contributed by atoms with Crippen molar-refractivity contribution in [3.63, 3.8) is 0 Å². The molecule has 6 aliphatic heterocycles. The summed E-state index contributed by atoms with van der Waals surface area (Å²) < 4.78 is 30.3. The summed E-state index contributed by atoms with van der Waals surface area (Å²) in [5.41, 5.74) is 14.7. The first-order valence-corrected chi connectivity index (χ1v) is 34.0. The molecule has 4 aliphatic carbocycles. The van der Waals surface area contributed by atoms with E-state index < -0.39 is 6.10 Å². The van der Waals surface area contributed by atoms with Gasteiger partial charge in [-0.25, -0.2) is 0 Å². The minimum atomic E-state index is -0.748. The number of methoxy groups -OCH3 is 1. The maximum Gasteiger partial charge on any atom is 0.165 e. The Balaban J connectivity index is 0.909. The summed E-state index contributed by atoms with van der Waals surface area (Å²) in [6, 6.07) is 26.9. The molecule has 0 amide bonds. The molecule has 472 valence electrons. The Morgan fingerprint density at radius 3 is 2.48 bits per heavy atom. The van der Waals surface area contributed by atoms with Gasteiger partial charge in [-0.2, -0.15) is 0 Å². The highest BCUT2D eigenvalue weighted by molar-refractivity contribution is 5.89. The van der Waals surface area contributed by atoms with E-state index in [0.29, 0.717) is 49.8 Å². The van der Waals surface area contributed by atoms with Crippen molar-refractivity contribution in [3.05, 3.63) is 169 Å². The molecular formula is C77H89N3O10. The number of aromatic hydroxyl groups is 3. The van der Waals surface area contributed by atoms with Crippen LogP contribution in [0.3, 0.4) is 0 Å². The van der Waals surface area contributed by atoms with Crippen LogP contribution in [0, 0.1) is 35.5 Å². The fraction of sp³-hybridized carbons (Fsp3) is 0.506. The molecule has 6 aromatic rings. The summed E-state index contributed by atoms with van der Waals surface area (Å²) in [6.07, 6.45) is 21.7. The number of nitrogens with one attached hydrogen (secondary N) is 2. The van der Waals surface area contributed by atoms with E-state index in [-0.39, 0.29) is 103 Å². The molecule has 0 radical (unpaired) electrons. The molecule has 13 nitrogen and oxygen atoms in total. The van der Waals surface area contributed by atoms with Gasteiger partial charge in [0.05, 0.1) is 37.6 Å². The van der Waals surface area contributed by atoms with Crippen LogP contribution in [0.4, 0.5) is 0 Å². The van der Waals surface area contributed by atoms with E-state index in [1.54, 1.807) is 31.4 Å². The quantitative estimate of drug-likeness (QED) is 0.0575. The number of aliphatic hydroxyl groups excluding tert-OH is 3. The Bertz CT molecular complexity index is 3830. The molecule has 10 atom stereocenters.